The van der Waals surface area contributed by atoms with Crippen molar-refractivity contribution in [2.24, 2.45) is 0 Å². The van der Waals surface area contributed by atoms with Crippen LogP contribution >= 0.6 is 0 Å². The second-order valence-corrected chi connectivity index (χ2v) is 2.04. The molecule has 0 spiro atoms. The quantitative estimate of drug-likeness (QED) is 0.526. The van der Waals surface area contributed by atoms with Crippen LogP contribution in [0.3, 0.4) is 0 Å². The van der Waals surface area contributed by atoms with Crippen LogP contribution in [-0.2, 0) is 0 Å². The van der Waals surface area contributed by atoms with Gasteiger partial charge in [0.25, 0.3) is 0 Å². The van der Waals surface area contributed by atoms with Crippen molar-refractivity contribution < 1.29 is 0 Å². The van der Waals surface area contributed by atoms with Gasteiger partial charge >= 0.3 is 0 Å². The van der Waals surface area contributed by atoms with Crippen LogP contribution in [0, 0.1) is 12.1 Å². The van der Waals surface area contributed by atoms with E-state index in [2.05, 4.69) is 17.1 Å². The van der Waals surface area contributed by atoms with Gasteiger partial charge in [-0.3, -0.25) is 4.98 Å². The van der Waals surface area contributed by atoms with Crippen LogP contribution < -0.4 is 0 Å². The Morgan fingerprint density at radius 2 is 2.40 bits per heavy atom. The van der Waals surface area contributed by atoms with Gasteiger partial charge in [-0.2, -0.15) is 0 Å². The van der Waals surface area contributed by atoms with Gasteiger partial charge in [-0.15, -0.1) is 0 Å². The molecule has 0 fully saturated rings. The molecule has 46 valence electrons. The molecule has 0 aliphatic heterocycles. The van der Waals surface area contributed by atoms with Gasteiger partial charge in [0.1, 0.15) is 0 Å². The molecule has 0 aliphatic rings. The molecular formula is C9H5N. The van der Waals surface area contributed by atoms with Gasteiger partial charge in [0.05, 0.1) is 5.52 Å². The zero-order valence-corrected chi connectivity index (χ0v) is 5.33. The van der Waals surface area contributed by atoms with E-state index in [1.165, 1.54) is 0 Å². The van der Waals surface area contributed by atoms with E-state index in [9.17, 15) is 0 Å². The summed E-state index contributed by atoms with van der Waals surface area (Å²) in [5.74, 6) is 0. The van der Waals surface area contributed by atoms with Crippen molar-refractivity contribution >= 4 is 10.9 Å². The number of hydrogen-bond acceptors (Lipinski definition) is 1. The summed E-state index contributed by atoms with van der Waals surface area (Å²) in [6, 6.07) is 13.5. The second kappa shape index (κ2) is 2.10. The average Bonchev–Trinajstić information content (AvgIpc) is 2.05. The minimum Gasteiger partial charge on any atom is -0.256 e. The predicted molar refractivity (Wildman–Crippen MR) is 39.4 cm³/mol. The molecule has 2 rings (SSSR count). The van der Waals surface area contributed by atoms with Crippen LogP contribution in [0.4, 0.5) is 0 Å². The van der Waals surface area contributed by atoms with Gasteiger partial charge in [0.15, 0.2) is 0 Å². The maximum Gasteiger partial charge on any atom is 0.0714 e. The van der Waals surface area contributed by atoms with Gasteiger partial charge in [0, 0.05) is 11.6 Å². The topological polar surface area (TPSA) is 12.9 Å². The first-order valence-electron chi connectivity index (χ1n) is 3.09. The highest BCUT2D eigenvalue weighted by Crippen LogP contribution is 2.06. The second-order valence-electron chi connectivity index (χ2n) is 2.04. The number of aromatic nitrogens is 1. The summed E-state index contributed by atoms with van der Waals surface area (Å²) in [5, 5.41) is 1.04. The smallest absolute Gasteiger partial charge is 0.0714 e. The third kappa shape index (κ3) is 0.760. The van der Waals surface area contributed by atoms with Crippen molar-refractivity contribution in [1.29, 1.82) is 0 Å². The molecule has 1 aromatic heterocycles. The van der Waals surface area contributed by atoms with Gasteiger partial charge in [-0.05, 0) is 30.3 Å². The van der Waals surface area contributed by atoms with Crippen LogP contribution in [0.15, 0.2) is 30.5 Å². The summed E-state index contributed by atoms with van der Waals surface area (Å²) < 4.78 is 0. The Labute approximate surface area is 59.3 Å². The Balaban J connectivity index is 2.89. The highest BCUT2D eigenvalue weighted by Gasteiger charge is 1.87. The molecular weight excluding hydrogens is 122 g/mol. The Morgan fingerprint density at radius 3 is 3.30 bits per heavy atom. The van der Waals surface area contributed by atoms with Crippen LogP contribution in [0.5, 0.6) is 0 Å². The van der Waals surface area contributed by atoms with E-state index in [4.69, 9.17) is 0 Å². The molecule has 0 atom stereocenters. The van der Waals surface area contributed by atoms with Crippen molar-refractivity contribution in [1.82, 2.24) is 4.98 Å². The molecule has 2 aromatic rings. The Hall–Kier alpha value is -1.37. The van der Waals surface area contributed by atoms with Gasteiger partial charge in [0.2, 0.25) is 0 Å². The predicted octanol–water partition coefficient (Wildman–Crippen LogP) is 1.84. The highest BCUT2D eigenvalue weighted by atomic mass is 14.6. The fraction of sp³-hybridized carbons (Fsp3) is 0. The summed E-state index contributed by atoms with van der Waals surface area (Å²) in [4.78, 5) is 4.12. The lowest BCUT2D eigenvalue weighted by Gasteiger charge is -1.90. The molecule has 1 nitrogen and oxygen atoms in total. The van der Waals surface area contributed by atoms with Gasteiger partial charge < -0.3 is 0 Å². The molecule has 1 heterocycles. The number of pyridine rings is 1. The van der Waals surface area contributed by atoms with Crippen molar-refractivity contribution in [3.8, 4) is 0 Å². The largest absolute Gasteiger partial charge is 0.256 e. The summed E-state index contributed by atoms with van der Waals surface area (Å²) in [7, 11) is 0. The molecule has 1 aromatic carbocycles. The Kier molecular flexibility index (Phi) is 1.14. The van der Waals surface area contributed by atoms with E-state index in [-0.39, 0.29) is 0 Å². The van der Waals surface area contributed by atoms with Gasteiger partial charge in [-0.1, -0.05) is 6.07 Å². The van der Waals surface area contributed by atoms with E-state index in [0.29, 0.717) is 0 Å². The van der Waals surface area contributed by atoms with Crippen LogP contribution in [0.1, 0.15) is 0 Å². The normalized spacial score (nSPS) is 10.0. The lowest BCUT2D eigenvalue weighted by molar-refractivity contribution is 1.41. The summed E-state index contributed by atoms with van der Waals surface area (Å²) in [5.41, 5.74) is 0.949. The van der Waals surface area contributed by atoms with E-state index >= 15 is 0 Å². The molecule has 0 amide bonds. The highest BCUT2D eigenvalue weighted by molar-refractivity contribution is 5.76. The first kappa shape index (κ1) is 5.42. The number of fused-ring (bicyclic) bond motifs is 1. The standard InChI is InChI=1S/C9H5N/c1-2-6-9-8(4-1)5-3-7-10-9/h1,3,5-7H. The number of hydrogen-bond donors (Lipinski definition) is 0. The molecule has 2 radical (unpaired) electrons. The van der Waals surface area contributed by atoms with Crippen molar-refractivity contribution in [3.05, 3.63) is 42.6 Å². The lowest BCUT2D eigenvalue weighted by Crippen LogP contribution is -1.74. The molecule has 0 saturated heterocycles. The lowest BCUT2D eigenvalue weighted by atomic mass is 10.2. The molecule has 0 bridgehead atoms. The first-order valence-corrected chi connectivity index (χ1v) is 3.09. The fourth-order valence-electron chi connectivity index (χ4n) is 0.895. The molecule has 0 unspecified atom stereocenters. The van der Waals surface area contributed by atoms with E-state index in [0.717, 1.165) is 10.9 Å². The number of benzene rings is 1. The molecule has 0 aliphatic carbocycles. The van der Waals surface area contributed by atoms with Crippen LogP contribution in [0.2, 0.25) is 0 Å². The molecule has 0 N–H and O–H groups in total. The van der Waals surface area contributed by atoms with Gasteiger partial charge in [-0.25, -0.2) is 0 Å². The summed E-state index contributed by atoms with van der Waals surface area (Å²) >= 11 is 0. The molecule has 0 saturated carbocycles. The minimum absolute atomic E-state index is 0.949. The van der Waals surface area contributed by atoms with Crippen molar-refractivity contribution in [2.75, 3.05) is 0 Å². The maximum absolute atomic E-state index is 4.12. The SMILES string of the molecule is [c]1c[c]c2cccnc2c1. The zero-order valence-electron chi connectivity index (χ0n) is 5.33. The maximum atomic E-state index is 4.12. The van der Waals surface area contributed by atoms with Crippen molar-refractivity contribution in [3.63, 3.8) is 0 Å². The Morgan fingerprint density at radius 1 is 1.40 bits per heavy atom. The monoisotopic (exact) mass is 127 g/mol. The molecule has 10 heavy (non-hydrogen) atoms. The number of rotatable bonds is 0. The Bertz CT molecular complexity index is 276. The average molecular weight is 127 g/mol. The van der Waals surface area contributed by atoms with Crippen LogP contribution in [0.25, 0.3) is 10.9 Å². The summed E-state index contributed by atoms with van der Waals surface area (Å²) in [6.07, 6.45) is 1.77. The van der Waals surface area contributed by atoms with E-state index < -0.39 is 0 Å². The third-order valence-corrected chi connectivity index (χ3v) is 1.37. The fourth-order valence-corrected chi connectivity index (χ4v) is 0.895. The third-order valence-electron chi connectivity index (χ3n) is 1.37. The first-order chi connectivity index (χ1) is 4.97. The minimum atomic E-state index is 0.949. The van der Waals surface area contributed by atoms with Crippen LogP contribution in [-0.4, -0.2) is 4.98 Å². The summed E-state index contributed by atoms with van der Waals surface area (Å²) in [6.45, 7) is 0. The van der Waals surface area contributed by atoms with Crippen molar-refractivity contribution in [2.45, 2.75) is 0 Å². The van der Waals surface area contributed by atoms with E-state index in [1.807, 2.05) is 18.2 Å². The number of nitrogens with zero attached hydrogens (tertiary/aromatic N) is 1. The van der Waals surface area contributed by atoms with E-state index in [1.54, 1.807) is 12.3 Å². The zero-order chi connectivity index (χ0) is 6.81. The molecule has 1 heteroatoms.